The van der Waals surface area contributed by atoms with E-state index in [1.54, 1.807) is 0 Å². The lowest BCUT2D eigenvalue weighted by Crippen LogP contribution is -2.28. The highest BCUT2D eigenvalue weighted by Gasteiger charge is 2.19. The number of hydrogen-bond acceptors (Lipinski definition) is 3. The van der Waals surface area contributed by atoms with E-state index < -0.39 is 0 Å². The number of piperidine rings is 1. The molecule has 1 aliphatic heterocycles. The number of hydrogen-bond donors (Lipinski definition) is 1. The van der Waals surface area contributed by atoms with Crippen molar-refractivity contribution in [1.29, 1.82) is 0 Å². The Balaban J connectivity index is 2.05. The molecule has 1 unspecified atom stereocenters. The fraction of sp³-hybridized carbons (Fsp3) is 0.533. The van der Waals surface area contributed by atoms with Gasteiger partial charge in [-0.05, 0) is 36.9 Å². The van der Waals surface area contributed by atoms with Gasteiger partial charge in [0.1, 0.15) is 0 Å². The van der Waals surface area contributed by atoms with Crippen molar-refractivity contribution >= 4 is 21.6 Å². The molecule has 1 atom stereocenters. The van der Waals surface area contributed by atoms with Gasteiger partial charge in [0, 0.05) is 12.5 Å². The largest absolute Gasteiger partial charge is 0.316 e. The van der Waals surface area contributed by atoms with E-state index in [2.05, 4.69) is 37.4 Å². The molecule has 1 aromatic heterocycles. The predicted octanol–water partition coefficient (Wildman–Crippen LogP) is 3.89. The lowest BCUT2D eigenvalue weighted by molar-refractivity contribution is 0.463. The smallest absolute Gasteiger partial charge is 0.0964 e. The summed E-state index contributed by atoms with van der Waals surface area (Å²) in [6.45, 7) is 6.72. The first-order valence-corrected chi connectivity index (χ1v) is 7.67. The molecule has 96 valence electrons. The molecule has 3 rings (SSSR count). The minimum Gasteiger partial charge on any atom is -0.316 e. The highest BCUT2D eigenvalue weighted by molar-refractivity contribution is 7.18. The van der Waals surface area contributed by atoms with Crippen LogP contribution in [0, 0.1) is 0 Å². The quantitative estimate of drug-likeness (QED) is 0.886. The average Bonchev–Trinajstić information content (AvgIpc) is 2.83. The second-order valence-electron chi connectivity index (χ2n) is 5.44. The molecule has 1 aromatic carbocycles. The van der Waals surface area contributed by atoms with Crippen molar-refractivity contribution in [2.45, 2.75) is 38.5 Å². The topological polar surface area (TPSA) is 24.9 Å². The molecular weight excluding hydrogens is 240 g/mol. The number of thiazole rings is 1. The minimum atomic E-state index is 0.528. The molecule has 2 heterocycles. The van der Waals surface area contributed by atoms with Crippen molar-refractivity contribution in [2.24, 2.45) is 0 Å². The Kier molecular flexibility index (Phi) is 3.35. The van der Waals surface area contributed by atoms with Crippen LogP contribution in [0.15, 0.2) is 18.2 Å². The lowest BCUT2D eigenvalue weighted by Gasteiger charge is -2.23. The molecular formula is C15H20N2S. The van der Waals surface area contributed by atoms with Crippen LogP contribution in [0.5, 0.6) is 0 Å². The van der Waals surface area contributed by atoms with Gasteiger partial charge in [-0.25, -0.2) is 4.98 Å². The molecule has 1 fully saturated rings. The van der Waals surface area contributed by atoms with E-state index in [9.17, 15) is 0 Å². The van der Waals surface area contributed by atoms with E-state index in [-0.39, 0.29) is 0 Å². The van der Waals surface area contributed by atoms with Crippen LogP contribution in [0.25, 0.3) is 10.2 Å². The first kappa shape index (κ1) is 12.1. The summed E-state index contributed by atoms with van der Waals surface area (Å²) in [4.78, 5) is 4.88. The summed E-state index contributed by atoms with van der Waals surface area (Å²) >= 11 is 1.85. The molecule has 0 bridgehead atoms. The third-order valence-corrected chi connectivity index (χ3v) is 5.02. The summed E-state index contributed by atoms with van der Waals surface area (Å²) in [5.74, 6) is 1.17. The van der Waals surface area contributed by atoms with E-state index in [0.717, 1.165) is 6.54 Å². The highest BCUT2D eigenvalue weighted by atomic mass is 32.1. The van der Waals surface area contributed by atoms with Crippen LogP contribution >= 0.6 is 11.3 Å². The normalized spacial score (nSPS) is 20.7. The predicted molar refractivity (Wildman–Crippen MR) is 78.6 cm³/mol. The molecule has 1 aliphatic rings. The zero-order valence-electron chi connectivity index (χ0n) is 11.1. The second kappa shape index (κ2) is 4.98. The van der Waals surface area contributed by atoms with Gasteiger partial charge in [-0.2, -0.15) is 0 Å². The van der Waals surface area contributed by atoms with Gasteiger partial charge in [0.25, 0.3) is 0 Å². The summed E-state index contributed by atoms with van der Waals surface area (Å²) in [5.41, 5.74) is 2.70. The first-order valence-electron chi connectivity index (χ1n) is 6.86. The number of benzene rings is 1. The Labute approximate surface area is 112 Å². The Hall–Kier alpha value is -0.930. The Morgan fingerprint density at radius 1 is 1.39 bits per heavy atom. The van der Waals surface area contributed by atoms with Crippen LogP contribution in [-0.2, 0) is 0 Å². The van der Waals surface area contributed by atoms with Crippen molar-refractivity contribution in [3.8, 4) is 0 Å². The van der Waals surface area contributed by atoms with Gasteiger partial charge in [0.2, 0.25) is 0 Å². The molecule has 1 N–H and O–H groups in total. The Morgan fingerprint density at radius 3 is 3.00 bits per heavy atom. The van der Waals surface area contributed by atoms with E-state index in [4.69, 9.17) is 4.98 Å². The van der Waals surface area contributed by atoms with Gasteiger partial charge in [-0.3, -0.25) is 0 Å². The molecule has 0 spiro atoms. The van der Waals surface area contributed by atoms with Crippen molar-refractivity contribution in [3.05, 3.63) is 28.8 Å². The zero-order valence-corrected chi connectivity index (χ0v) is 11.9. The van der Waals surface area contributed by atoms with Gasteiger partial charge in [-0.15, -0.1) is 11.3 Å². The Morgan fingerprint density at radius 2 is 2.28 bits per heavy atom. The maximum Gasteiger partial charge on any atom is 0.0964 e. The molecule has 1 saturated heterocycles. The standard InChI is InChI=1S/C15H20N2S/c1-10(2)15-17-14-12(6-3-7-13(14)18-15)11-5-4-8-16-9-11/h3,6-7,10-11,16H,4-5,8-9H2,1-2H3. The van der Waals surface area contributed by atoms with E-state index in [0.29, 0.717) is 11.8 Å². The maximum absolute atomic E-state index is 4.88. The molecule has 0 amide bonds. The van der Waals surface area contributed by atoms with Crippen LogP contribution in [-0.4, -0.2) is 18.1 Å². The van der Waals surface area contributed by atoms with Crippen LogP contribution in [0.3, 0.4) is 0 Å². The van der Waals surface area contributed by atoms with Gasteiger partial charge < -0.3 is 5.32 Å². The third-order valence-electron chi connectivity index (χ3n) is 3.70. The third kappa shape index (κ3) is 2.17. The van der Waals surface area contributed by atoms with E-state index >= 15 is 0 Å². The summed E-state index contributed by atoms with van der Waals surface area (Å²) in [6.07, 6.45) is 2.57. The SMILES string of the molecule is CC(C)c1nc2c(C3CCCNC3)cccc2s1. The number of rotatable bonds is 2. The zero-order chi connectivity index (χ0) is 12.5. The molecule has 2 nitrogen and oxygen atoms in total. The molecule has 0 radical (unpaired) electrons. The number of fused-ring (bicyclic) bond motifs is 1. The fourth-order valence-corrected chi connectivity index (χ4v) is 3.69. The van der Waals surface area contributed by atoms with Gasteiger partial charge >= 0.3 is 0 Å². The number of aromatic nitrogens is 1. The number of nitrogens with one attached hydrogen (secondary N) is 1. The Bertz CT molecular complexity index is 538. The van der Waals surface area contributed by atoms with E-state index in [1.165, 1.54) is 40.2 Å². The van der Waals surface area contributed by atoms with Crippen molar-refractivity contribution in [3.63, 3.8) is 0 Å². The molecule has 2 aromatic rings. The van der Waals surface area contributed by atoms with Crippen molar-refractivity contribution in [1.82, 2.24) is 10.3 Å². The van der Waals surface area contributed by atoms with Crippen LogP contribution in [0.1, 0.15) is 49.1 Å². The van der Waals surface area contributed by atoms with Gasteiger partial charge in [0.15, 0.2) is 0 Å². The van der Waals surface area contributed by atoms with Crippen LogP contribution in [0.4, 0.5) is 0 Å². The van der Waals surface area contributed by atoms with Crippen LogP contribution in [0.2, 0.25) is 0 Å². The van der Waals surface area contributed by atoms with E-state index in [1.807, 2.05) is 11.3 Å². The monoisotopic (exact) mass is 260 g/mol. The summed E-state index contributed by atoms with van der Waals surface area (Å²) in [5, 5.41) is 4.77. The summed E-state index contributed by atoms with van der Waals surface area (Å²) < 4.78 is 1.35. The van der Waals surface area contributed by atoms with Gasteiger partial charge in [0.05, 0.1) is 15.2 Å². The van der Waals surface area contributed by atoms with Crippen molar-refractivity contribution < 1.29 is 0 Å². The average molecular weight is 260 g/mol. The first-order chi connectivity index (χ1) is 8.75. The minimum absolute atomic E-state index is 0.528. The number of nitrogens with zero attached hydrogens (tertiary/aromatic N) is 1. The fourth-order valence-electron chi connectivity index (χ4n) is 2.68. The highest BCUT2D eigenvalue weighted by Crippen LogP contribution is 2.34. The molecule has 3 heteroatoms. The number of para-hydroxylation sites is 1. The summed E-state index contributed by atoms with van der Waals surface area (Å²) in [6, 6.07) is 6.66. The maximum atomic E-state index is 4.88. The molecule has 0 aliphatic carbocycles. The second-order valence-corrected chi connectivity index (χ2v) is 6.51. The van der Waals surface area contributed by atoms with Crippen molar-refractivity contribution in [2.75, 3.05) is 13.1 Å². The van der Waals surface area contributed by atoms with Crippen LogP contribution < -0.4 is 5.32 Å². The molecule has 0 saturated carbocycles. The molecule has 18 heavy (non-hydrogen) atoms. The van der Waals surface area contributed by atoms with Gasteiger partial charge in [-0.1, -0.05) is 26.0 Å². The lowest BCUT2D eigenvalue weighted by atomic mass is 9.91. The summed E-state index contributed by atoms with van der Waals surface area (Å²) in [7, 11) is 0.